The van der Waals surface area contributed by atoms with Crippen LogP contribution in [0.2, 0.25) is 0 Å². The summed E-state index contributed by atoms with van der Waals surface area (Å²) in [5.74, 6) is -0.431. The number of thioether (sulfide) groups is 1. The van der Waals surface area contributed by atoms with Crippen molar-refractivity contribution < 1.29 is 34.2 Å². The van der Waals surface area contributed by atoms with Gasteiger partial charge in [0.1, 0.15) is 10.5 Å². The van der Waals surface area contributed by atoms with E-state index in [0.717, 1.165) is 17.8 Å². The van der Waals surface area contributed by atoms with E-state index in [9.17, 15) is 24.0 Å². The molecule has 0 rings (SSSR count). The largest absolute Gasteiger partial charge is 0.480 e. The Balaban J connectivity index is -0.0000000879. The summed E-state index contributed by atoms with van der Waals surface area (Å²) in [5.41, 5.74) is 4.50. The molecule has 0 aromatic rings. The van der Waals surface area contributed by atoms with Crippen molar-refractivity contribution in [3.05, 3.63) is 0 Å². The first-order chi connectivity index (χ1) is 16.7. The van der Waals surface area contributed by atoms with Gasteiger partial charge in [-0.05, 0) is 24.8 Å². The third kappa shape index (κ3) is 72.0. The minimum absolute atomic E-state index is 0.0883. The maximum Gasteiger partial charge on any atom is 0.317 e. The van der Waals surface area contributed by atoms with Gasteiger partial charge in [0.25, 0.3) is 0 Å². The van der Waals surface area contributed by atoms with Crippen molar-refractivity contribution >= 4 is 53.3 Å². The van der Waals surface area contributed by atoms with E-state index < -0.39 is 22.4 Å². The maximum absolute atomic E-state index is 10.8. The Morgan fingerprint density at radius 2 is 0.973 bits per heavy atom. The summed E-state index contributed by atoms with van der Waals surface area (Å²) in [7, 11) is 4.37. The van der Waals surface area contributed by atoms with Crippen LogP contribution in [-0.2, 0) is 24.0 Å². The van der Waals surface area contributed by atoms with Gasteiger partial charge in [0.15, 0.2) is 5.12 Å². The molecular weight excluding hydrogens is 518 g/mol. The zero-order valence-corrected chi connectivity index (χ0v) is 26.9. The van der Waals surface area contributed by atoms with Gasteiger partial charge in [0, 0.05) is 33.9 Å². The van der Waals surface area contributed by atoms with Crippen LogP contribution in [-0.4, -0.2) is 70.7 Å². The first-order valence-electron chi connectivity index (χ1n) is 12.0. The Bertz CT molecular complexity index is 566. The van der Waals surface area contributed by atoms with Gasteiger partial charge < -0.3 is 26.6 Å². The van der Waals surface area contributed by atoms with Crippen molar-refractivity contribution in [2.45, 2.75) is 92.6 Å². The summed E-state index contributed by atoms with van der Waals surface area (Å²) in [6.07, 6.45) is -0.273. The Morgan fingerprint density at radius 1 is 0.703 bits per heavy atom. The van der Waals surface area contributed by atoms with Gasteiger partial charge >= 0.3 is 11.9 Å². The molecule has 0 spiro atoms. The minimum Gasteiger partial charge on any atom is -0.480 e. The molecule has 0 saturated carbocycles. The number of carboxylic acid groups (broad SMARTS) is 2. The molecule has 10 nitrogen and oxygen atoms in total. The van der Waals surface area contributed by atoms with Crippen molar-refractivity contribution in [1.82, 2.24) is 10.6 Å². The molecule has 0 fully saturated rings. The van der Waals surface area contributed by atoms with Crippen LogP contribution in [0.3, 0.4) is 0 Å². The molecule has 0 aliphatic carbocycles. The highest BCUT2D eigenvalue weighted by Gasteiger charge is 2.22. The maximum atomic E-state index is 10.8. The molecule has 0 aromatic carbocycles. The van der Waals surface area contributed by atoms with Gasteiger partial charge in [-0.3, -0.25) is 24.0 Å². The summed E-state index contributed by atoms with van der Waals surface area (Å²) < 4.78 is 0. The smallest absolute Gasteiger partial charge is 0.317 e. The predicted molar refractivity (Wildman–Crippen MR) is 159 cm³/mol. The lowest BCUT2D eigenvalue weighted by molar-refractivity contribution is -0.138. The van der Waals surface area contributed by atoms with Gasteiger partial charge in [-0.15, -0.1) is 0 Å². The van der Waals surface area contributed by atoms with E-state index in [1.54, 1.807) is 0 Å². The van der Waals surface area contributed by atoms with E-state index in [2.05, 4.69) is 91.3 Å². The van der Waals surface area contributed by atoms with E-state index in [1.807, 2.05) is 0 Å². The molecule has 12 heteroatoms. The minimum atomic E-state index is -1.15. The number of carbonyl (C=O) groups is 5. The Morgan fingerprint density at radius 3 is 1.16 bits per heavy atom. The lowest BCUT2D eigenvalue weighted by Gasteiger charge is -2.07. The summed E-state index contributed by atoms with van der Waals surface area (Å²) >= 11 is 4.31. The van der Waals surface area contributed by atoms with E-state index >= 15 is 0 Å². The van der Waals surface area contributed by atoms with Crippen LogP contribution in [0, 0.1) is 17.8 Å². The number of amides is 2. The molecular formula is C25H55N3O7S2. The first-order valence-corrected chi connectivity index (χ1v) is 13.4. The number of nitrogens with one attached hydrogen (secondary N) is 2. The molecule has 2 unspecified atom stereocenters. The molecule has 0 radical (unpaired) electrons. The summed E-state index contributed by atoms with van der Waals surface area (Å²) in [5, 5.41) is 19.3. The zero-order chi connectivity index (χ0) is 31.3. The monoisotopic (exact) mass is 573 g/mol. The Hall–Kier alpha value is -1.79. The predicted octanol–water partition coefficient (Wildman–Crippen LogP) is 3.92. The number of rotatable bonds is 7. The normalized spacial score (nSPS) is 10.5. The lowest BCUT2D eigenvalue weighted by atomic mass is 10.3. The highest BCUT2D eigenvalue weighted by molar-refractivity contribution is 8.14. The van der Waals surface area contributed by atoms with Crippen LogP contribution in [0.5, 0.6) is 0 Å². The number of aliphatic carboxylic acids is 2. The topological polar surface area (TPSA) is 176 Å². The van der Waals surface area contributed by atoms with Gasteiger partial charge in [0.2, 0.25) is 11.8 Å². The van der Waals surface area contributed by atoms with Crippen molar-refractivity contribution in [2.24, 2.45) is 23.5 Å². The highest BCUT2D eigenvalue weighted by atomic mass is 32.2. The molecule has 6 N–H and O–H groups in total. The summed E-state index contributed by atoms with van der Waals surface area (Å²) in [6, 6.07) is 0. The number of thiol groups is 1. The number of hydrogen-bond donors (Lipinski definition) is 6. The average Bonchev–Trinajstić information content (AvgIpc) is 2.73. The molecule has 0 aliphatic heterocycles. The van der Waals surface area contributed by atoms with Crippen molar-refractivity contribution in [3.8, 4) is 0 Å². The van der Waals surface area contributed by atoms with Crippen molar-refractivity contribution in [1.29, 1.82) is 0 Å². The fourth-order valence-electron chi connectivity index (χ4n) is 1.02. The highest BCUT2D eigenvalue weighted by Crippen LogP contribution is 2.15. The van der Waals surface area contributed by atoms with E-state index in [0.29, 0.717) is 11.8 Å². The summed E-state index contributed by atoms with van der Waals surface area (Å²) in [6.45, 7) is 20.8. The molecule has 0 saturated heterocycles. The van der Waals surface area contributed by atoms with Gasteiger partial charge in [-0.25, -0.2) is 0 Å². The Kier molecular flexibility index (Phi) is 44.7. The third-order valence-electron chi connectivity index (χ3n) is 2.18. The molecule has 224 valence electrons. The fraction of sp³-hybridized carbons (Fsp3) is 0.800. The van der Waals surface area contributed by atoms with Crippen LogP contribution < -0.4 is 16.4 Å². The molecule has 0 aromatic heterocycles. The number of carboxylic acids is 2. The molecule has 0 bridgehead atoms. The quantitative estimate of drug-likeness (QED) is 0.246. The fourth-order valence-corrected chi connectivity index (χ4v) is 1.92. The van der Waals surface area contributed by atoms with Gasteiger partial charge in [-0.1, -0.05) is 74.1 Å². The Labute approximate surface area is 235 Å². The van der Waals surface area contributed by atoms with Crippen LogP contribution in [0.4, 0.5) is 0 Å². The van der Waals surface area contributed by atoms with Crippen LogP contribution in [0.1, 0.15) is 82.1 Å². The molecule has 37 heavy (non-hydrogen) atoms. The second kappa shape index (κ2) is 34.2. The number of hydrogen-bond acceptors (Lipinski definition) is 8. The van der Waals surface area contributed by atoms with Crippen LogP contribution >= 0.6 is 24.4 Å². The summed E-state index contributed by atoms with van der Waals surface area (Å²) in [4.78, 5) is 52.5. The van der Waals surface area contributed by atoms with Crippen LogP contribution in [0.15, 0.2) is 0 Å². The molecule has 0 aliphatic rings. The van der Waals surface area contributed by atoms with Crippen molar-refractivity contribution in [2.75, 3.05) is 21.1 Å². The van der Waals surface area contributed by atoms with Gasteiger partial charge in [0.05, 0.1) is 0 Å². The number of nitrogens with two attached hydrogens (primary N) is 1. The van der Waals surface area contributed by atoms with E-state index in [1.165, 1.54) is 28.1 Å². The average molecular weight is 574 g/mol. The first kappa shape index (κ1) is 48.3. The molecule has 2 amide bonds. The SMILES string of the molecule is CC(C)C.CC(C)C.CC(C)C.CN.CNC(=O)CC(S)C(=O)O.CNC(=O)CC(SC(C)=O)C(=O)O. The van der Waals surface area contributed by atoms with Crippen molar-refractivity contribution in [3.63, 3.8) is 0 Å². The van der Waals surface area contributed by atoms with Gasteiger partial charge in [-0.2, -0.15) is 12.6 Å². The van der Waals surface area contributed by atoms with E-state index in [4.69, 9.17) is 10.2 Å². The molecule has 2 atom stereocenters. The lowest BCUT2D eigenvalue weighted by Crippen LogP contribution is -2.27. The second-order valence-electron chi connectivity index (χ2n) is 9.24. The van der Waals surface area contributed by atoms with E-state index in [-0.39, 0.29) is 29.8 Å². The molecule has 0 heterocycles. The standard InChI is InChI=1S/C7H11NO4S.C5H9NO3S.3C4H10.CH5N/c1-4(9)13-5(7(11)12)3-6(10)8-2;1-6-4(7)2-3(10)5(8)9;3*1-4(2)3;1-2/h5H,3H2,1-2H3,(H,8,10)(H,11,12);3,10H,2H2,1H3,(H,6,7)(H,8,9);3*4H,1-3H3;2H2,1H3. The number of carbonyl (C=O) groups excluding carboxylic acids is 3. The third-order valence-corrected chi connectivity index (χ3v) is 3.56. The van der Waals surface area contributed by atoms with Crippen LogP contribution in [0.25, 0.3) is 0 Å². The zero-order valence-electron chi connectivity index (χ0n) is 25.2. The second-order valence-corrected chi connectivity index (χ2v) is 11.2.